The predicted octanol–water partition coefficient (Wildman–Crippen LogP) is 11.9. The molecule has 0 radical (unpaired) electrons. The van der Waals surface area contributed by atoms with Crippen LogP contribution in [0.3, 0.4) is 0 Å². The molecule has 0 amide bonds. The Labute approximate surface area is 333 Å². The summed E-state index contributed by atoms with van der Waals surface area (Å²) in [6.45, 7) is -7.75. The van der Waals surface area contributed by atoms with Crippen LogP contribution in [0.5, 0.6) is 0 Å². The van der Waals surface area contributed by atoms with Gasteiger partial charge in [0.15, 0.2) is 17.5 Å². The van der Waals surface area contributed by atoms with Gasteiger partial charge in [0.2, 0.25) is 0 Å². The number of benzene rings is 7. The molecule has 9 aromatic rings. The molecule has 2 aromatic heterocycles. The highest BCUT2D eigenvalue weighted by atomic mass is 16.3. The van der Waals surface area contributed by atoms with Gasteiger partial charge in [0.25, 0.3) is 0 Å². The van der Waals surface area contributed by atoms with E-state index in [1.807, 2.05) is 0 Å². The SMILES string of the molecule is [2H]c1c([2H])c([2H])c(-c2nc(-c3c([2H])c([2H])c(-c4c([2H])c([2H])c([2H])c5oc6c([2H])c([2H])c7c([2H])c([2H])c([2H])c([2H])c7c6c45)c([2H])c3[2H])nc(-c3c([2H])c([2H])c4c(c3[2H])C(C([2H])([2H])[2H])(C([2H])([2H])[2H])c3c([2H])c([2H])c([2H])c([2H])c3-4)n2)c([2H])c1[2H]. The van der Waals surface area contributed by atoms with Crippen LogP contribution in [-0.2, 0) is 5.41 Å². The van der Waals surface area contributed by atoms with Gasteiger partial charge in [0.1, 0.15) is 11.2 Å². The van der Waals surface area contributed by atoms with E-state index >= 15 is 0 Å². The molecule has 50 heavy (non-hydrogen) atoms. The first-order valence-electron chi connectivity index (χ1n) is 30.0. The minimum atomic E-state index is -3.88. The number of rotatable bonds is 4. The van der Waals surface area contributed by atoms with Crippen LogP contribution in [0.1, 0.15) is 67.3 Å². The minimum absolute atomic E-state index is 0.431. The van der Waals surface area contributed by atoms with Crippen molar-refractivity contribution < 1.29 is 46.9 Å². The van der Waals surface area contributed by atoms with Crippen LogP contribution in [0.2, 0.25) is 0 Å². The zero-order valence-electron chi connectivity index (χ0n) is 55.7. The summed E-state index contributed by atoms with van der Waals surface area (Å²) in [4.78, 5) is 12.7. The van der Waals surface area contributed by atoms with Gasteiger partial charge in [0, 0.05) is 41.1 Å². The lowest BCUT2D eigenvalue weighted by Gasteiger charge is -2.21. The third kappa shape index (κ3) is 4.35. The van der Waals surface area contributed by atoms with E-state index in [1.54, 1.807) is 0 Å². The molecule has 236 valence electrons. The zero-order chi connectivity index (χ0) is 60.2. The Kier molecular flexibility index (Phi) is 2.45. The summed E-state index contributed by atoms with van der Waals surface area (Å²) >= 11 is 0. The van der Waals surface area contributed by atoms with Crippen molar-refractivity contribution in [1.29, 1.82) is 0 Å². The van der Waals surface area contributed by atoms with Crippen molar-refractivity contribution in [3.05, 3.63) is 162 Å². The smallest absolute Gasteiger partial charge is 0.164 e. The average Bonchev–Trinajstić information content (AvgIpc) is 2.59. The summed E-state index contributed by atoms with van der Waals surface area (Å²) in [5.41, 5.74) is -13.1. The van der Waals surface area contributed by atoms with Crippen LogP contribution < -0.4 is 0 Å². The highest BCUT2D eigenvalue weighted by molar-refractivity contribution is 6.22. The second-order valence-electron chi connectivity index (χ2n) is 10.8. The Bertz CT molecular complexity index is 4380. The monoisotopic (exact) mass is 672 g/mol. The van der Waals surface area contributed by atoms with Gasteiger partial charge < -0.3 is 4.42 Å². The maximum Gasteiger partial charge on any atom is 0.164 e. The molecule has 0 bridgehead atoms. The summed E-state index contributed by atoms with van der Waals surface area (Å²) in [5, 5.41) is -1.92. The number of hydrogen-bond acceptors (Lipinski definition) is 4. The van der Waals surface area contributed by atoms with E-state index in [2.05, 4.69) is 15.0 Å². The normalized spacial score (nSPS) is 22.4. The fraction of sp³-hybridized carbons (Fsp3) is 0.0652. The number of nitrogens with zero attached hydrogens (tertiary/aromatic N) is 3. The van der Waals surface area contributed by atoms with Gasteiger partial charge in [0.05, 0.1) is 34.3 Å². The molecular weight excluding hydrogens is 611 g/mol. The predicted molar refractivity (Wildman–Crippen MR) is 204 cm³/mol. The molecule has 0 spiro atoms. The molecule has 7 aromatic carbocycles. The van der Waals surface area contributed by atoms with Crippen molar-refractivity contribution in [2.45, 2.75) is 19.1 Å². The standard InChI is InChI=1S/C46H31N3O/c1-46(2)37-17-9-8-15-35(37)36-25-23-32(27-38(36)46)45-48-43(30-12-4-3-5-13-30)47-44(49-45)31-21-19-29(20-22-31)34-16-10-18-39-41(34)42-33-14-7-6-11-28(33)24-26-40(42)50-39/h3-27H,1-2H3/i1D3,2D3,3D,4D,5D,6D,7D,8D,9D,10D,11D,12D,13D,14D,15D,16D,17D,18D,19D,20D,21D,22D,23D,24D,25D,26D,27D. The largest absolute Gasteiger partial charge is 0.456 e. The van der Waals surface area contributed by atoms with Crippen LogP contribution in [0, 0.1) is 0 Å². The van der Waals surface area contributed by atoms with E-state index in [4.69, 9.17) is 35.9 Å². The molecule has 1 aliphatic carbocycles. The third-order valence-corrected chi connectivity index (χ3v) is 7.94. The highest BCUT2D eigenvalue weighted by Gasteiger charge is 2.35. The summed E-state index contributed by atoms with van der Waals surface area (Å²) in [7, 11) is 0. The Morgan fingerprint density at radius 1 is 0.480 bits per heavy atom. The van der Waals surface area contributed by atoms with Gasteiger partial charge in [-0.05, 0) is 62.3 Å². The lowest BCUT2D eigenvalue weighted by atomic mass is 9.82. The zero-order valence-corrected chi connectivity index (χ0v) is 24.7. The van der Waals surface area contributed by atoms with Crippen LogP contribution in [0.15, 0.2) is 155 Å². The van der Waals surface area contributed by atoms with Crippen molar-refractivity contribution >= 4 is 32.7 Å². The maximum absolute atomic E-state index is 9.70. The fourth-order valence-electron chi connectivity index (χ4n) is 5.71. The van der Waals surface area contributed by atoms with Crippen molar-refractivity contribution in [3.8, 4) is 56.4 Å². The first-order chi connectivity index (χ1) is 37.4. The first-order valence-corrected chi connectivity index (χ1v) is 14.5. The summed E-state index contributed by atoms with van der Waals surface area (Å²) < 4.78 is 281. The Hall–Kier alpha value is -6.39. The van der Waals surface area contributed by atoms with E-state index in [9.17, 15) is 11.0 Å². The highest BCUT2D eigenvalue weighted by Crippen LogP contribution is 2.49. The molecule has 4 heteroatoms. The van der Waals surface area contributed by atoms with E-state index in [1.165, 1.54) is 0 Å². The average molecular weight is 673 g/mol. The Morgan fingerprint density at radius 2 is 1.10 bits per heavy atom. The maximum atomic E-state index is 9.70. The van der Waals surface area contributed by atoms with Gasteiger partial charge in [-0.15, -0.1) is 0 Å². The van der Waals surface area contributed by atoms with Gasteiger partial charge in [-0.25, -0.2) is 15.0 Å². The number of aromatic nitrogens is 3. The van der Waals surface area contributed by atoms with Crippen molar-refractivity contribution in [2.24, 2.45) is 0 Å². The van der Waals surface area contributed by atoms with Crippen molar-refractivity contribution in [2.75, 3.05) is 0 Å². The molecular formula is C46H31N3O. The van der Waals surface area contributed by atoms with E-state index in [0.29, 0.717) is 0 Å². The molecule has 0 saturated carbocycles. The topological polar surface area (TPSA) is 51.8 Å². The molecule has 0 N–H and O–H groups in total. The lowest BCUT2D eigenvalue weighted by molar-refractivity contribution is 0.660. The van der Waals surface area contributed by atoms with Gasteiger partial charge in [-0.1, -0.05) is 147 Å². The summed E-state index contributed by atoms with van der Waals surface area (Å²) in [5.74, 6) is -3.11. The third-order valence-electron chi connectivity index (χ3n) is 7.94. The number of furan rings is 1. The fourth-order valence-corrected chi connectivity index (χ4v) is 5.71. The van der Waals surface area contributed by atoms with E-state index in [-0.39, 0.29) is 0 Å². The Balaban J connectivity index is 1.36. The minimum Gasteiger partial charge on any atom is -0.456 e. The molecule has 1 aliphatic rings. The van der Waals surface area contributed by atoms with Gasteiger partial charge in [-0.3, -0.25) is 0 Å². The molecule has 0 unspecified atom stereocenters. The van der Waals surface area contributed by atoms with Gasteiger partial charge >= 0.3 is 0 Å². The second-order valence-corrected chi connectivity index (χ2v) is 10.8. The quantitative estimate of drug-likeness (QED) is 0.187. The summed E-state index contributed by atoms with van der Waals surface area (Å²) in [6, 6.07) is -24.7. The van der Waals surface area contributed by atoms with Gasteiger partial charge in [-0.2, -0.15) is 0 Å². The molecule has 10 rings (SSSR count). The Morgan fingerprint density at radius 3 is 1.92 bits per heavy atom. The first kappa shape index (κ1) is 11.3. The van der Waals surface area contributed by atoms with Crippen LogP contribution >= 0.6 is 0 Å². The molecule has 0 fully saturated rings. The lowest BCUT2D eigenvalue weighted by Crippen LogP contribution is -2.15. The second kappa shape index (κ2) is 10.8. The number of fused-ring (bicyclic) bond motifs is 8. The van der Waals surface area contributed by atoms with E-state index < -0.39 is 270 Å². The van der Waals surface area contributed by atoms with Crippen molar-refractivity contribution in [3.63, 3.8) is 0 Å². The van der Waals surface area contributed by atoms with Crippen LogP contribution in [0.25, 0.3) is 89.1 Å². The molecule has 4 nitrogen and oxygen atoms in total. The van der Waals surface area contributed by atoms with Crippen LogP contribution in [0.4, 0.5) is 0 Å². The summed E-state index contributed by atoms with van der Waals surface area (Å²) in [6.07, 6.45) is 0. The molecule has 2 heterocycles. The molecule has 0 aliphatic heterocycles. The van der Waals surface area contributed by atoms with Crippen molar-refractivity contribution in [1.82, 2.24) is 15.0 Å². The van der Waals surface area contributed by atoms with E-state index in [0.717, 1.165) is 0 Å². The molecule has 0 saturated heterocycles. The molecule has 0 atom stereocenters. The van der Waals surface area contributed by atoms with Crippen LogP contribution in [-0.4, -0.2) is 15.0 Å². The number of hydrogen-bond donors (Lipinski definition) is 0.